The van der Waals surface area contributed by atoms with Gasteiger partial charge in [0.05, 0.1) is 29.4 Å². The Labute approximate surface area is 234 Å². The lowest BCUT2D eigenvalue weighted by atomic mass is 10.1. The normalized spacial score (nSPS) is 19.9. The van der Waals surface area contributed by atoms with E-state index in [2.05, 4.69) is 9.88 Å². The number of likely N-dealkylation sites (N-methyl/N-ethyl adjacent to an activating group) is 1. The van der Waals surface area contributed by atoms with Crippen LogP contribution in [0.2, 0.25) is 0 Å². The minimum atomic E-state index is -4.58. The number of hydrogen-bond donors (Lipinski definition) is 0. The third-order valence-corrected chi connectivity index (χ3v) is 8.15. The van der Waals surface area contributed by atoms with Gasteiger partial charge < -0.3 is 14.5 Å². The van der Waals surface area contributed by atoms with Gasteiger partial charge in [-0.15, -0.1) is 0 Å². The molecule has 2 aromatic carbocycles. The molecule has 0 N–H and O–H groups in total. The van der Waals surface area contributed by atoms with Crippen molar-refractivity contribution >= 4 is 16.7 Å². The summed E-state index contributed by atoms with van der Waals surface area (Å²) in [4.78, 5) is 22.6. The summed E-state index contributed by atoms with van der Waals surface area (Å²) in [5.74, 6) is -0.103. The number of ether oxygens (including phenoxy) is 1. The fraction of sp³-hybridized carbons (Fsp3) is 0.400. The zero-order valence-electron chi connectivity index (χ0n) is 22.9. The van der Waals surface area contributed by atoms with Crippen LogP contribution in [0, 0.1) is 12.7 Å². The summed E-state index contributed by atoms with van der Waals surface area (Å²) in [6.45, 7) is 3.99. The first-order chi connectivity index (χ1) is 19.6. The van der Waals surface area contributed by atoms with Crippen LogP contribution in [0.5, 0.6) is 5.88 Å². The first-order valence-corrected chi connectivity index (χ1v) is 13.7. The van der Waals surface area contributed by atoms with Crippen LogP contribution in [0.15, 0.2) is 59.5 Å². The predicted molar refractivity (Wildman–Crippen MR) is 148 cm³/mol. The summed E-state index contributed by atoms with van der Waals surface area (Å²) < 4.78 is 65.7. The maximum atomic E-state index is 14.8. The van der Waals surface area contributed by atoms with Gasteiger partial charge in [-0.05, 0) is 56.1 Å². The van der Waals surface area contributed by atoms with E-state index in [1.165, 1.54) is 28.8 Å². The quantitative estimate of drug-likeness (QED) is 0.297. The maximum Gasteiger partial charge on any atom is 0.416 e. The summed E-state index contributed by atoms with van der Waals surface area (Å²) in [7, 11) is 1.99. The molecule has 4 aromatic rings. The van der Waals surface area contributed by atoms with Gasteiger partial charge in [0.1, 0.15) is 17.4 Å². The average molecular weight is 570 g/mol. The Hall–Kier alpha value is -3.86. The number of hydrogen-bond acceptors (Lipinski definition) is 5. The summed E-state index contributed by atoms with van der Waals surface area (Å²) in [6, 6.07) is 11.6. The van der Waals surface area contributed by atoms with Crippen LogP contribution in [0.1, 0.15) is 35.6 Å². The molecule has 11 heteroatoms. The highest BCUT2D eigenvalue weighted by Gasteiger charge is 2.35. The number of pyridine rings is 1. The molecule has 0 amide bonds. The molecule has 2 atom stereocenters. The number of anilines is 1. The average Bonchev–Trinajstić information content (AvgIpc) is 3.62. The second kappa shape index (κ2) is 10.5. The number of halogens is 4. The molecular weight excluding hydrogens is 538 g/mol. The van der Waals surface area contributed by atoms with Gasteiger partial charge in [0.2, 0.25) is 5.88 Å². The fourth-order valence-corrected chi connectivity index (χ4v) is 6.22. The Kier molecular flexibility index (Phi) is 7.01. The van der Waals surface area contributed by atoms with E-state index in [1.54, 1.807) is 22.9 Å². The fourth-order valence-electron chi connectivity index (χ4n) is 6.22. The number of imidazole rings is 1. The number of aromatic nitrogens is 3. The van der Waals surface area contributed by atoms with Crippen molar-refractivity contribution in [2.45, 2.75) is 44.6 Å². The van der Waals surface area contributed by atoms with Crippen LogP contribution in [0.25, 0.3) is 11.0 Å². The van der Waals surface area contributed by atoms with Gasteiger partial charge in [0, 0.05) is 32.4 Å². The van der Waals surface area contributed by atoms with Crippen molar-refractivity contribution in [3.8, 4) is 5.88 Å². The van der Waals surface area contributed by atoms with Crippen LogP contribution in [0.3, 0.4) is 0 Å². The number of para-hydroxylation sites is 1. The second-order valence-electron chi connectivity index (χ2n) is 11.0. The first kappa shape index (κ1) is 27.3. The number of likely N-dealkylation sites (tertiary alicyclic amines) is 1. The molecule has 2 aromatic heterocycles. The van der Waals surface area contributed by atoms with Crippen LogP contribution < -0.4 is 15.3 Å². The lowest BCUT2D eigenvalue weighted by Crippen LogP contribution is -2.30. The SMILES string of the molecule is Cc1cccc(F)c1N1CC[C@@H](n2c(=O)n(Cc3ccccc3C(F)(F)F)c3c(OC4CCN(C)C4)nccc32)C1. The van der Waals surface area contributed by atoms with Gasteiger partial charge in [0.25, 0.3) is 0 Å². The highest BCUT2D eigenvalue weighted by molar-refractivity contribution is 5.81. The van der Waals surface area contributed by atoms with E-state index in [-0.39, 0.29) is 36.0 Å². The van der Waals surface area contributed by atoms with Crippen LogP contribution in [0.4, 0.5) is 23.2 Å². The molecule has 2 aliphatic rings. The molecule has 0 bridgehead atoms. The van der Waals surface area contributed by atoms with E-state index < -0.39 is 17.4 Å². The molecule has 2 saturated heterocycles. The minimum absolute atomic E-state index is 0.0217. The topological polar surface area (TPSA) is 55.5 Å². The molecule has 41 heavy (non-hydrogen) atoms. The summed E-state index contributed by atoms with van der Waals surface area (Å²) in [5.41, 5.74) is 0.936. The van der Waals surface area contributed by atoms with Gasteiger partial charge in [-0.1, -0.05) is 30.3 Å². The number of rotatable bonds is 6. The van der Waals surface area contributed by atoms with Crippen molar-refractivity contribution in [1.82, 2.24) is 19.0 Å². The molecule has 1 unspecified atom stereocenters. The largest absolute Gasteiger partial charge is 0.471 e. The minimum Gasteiger partial charge on any atom is -0.471 e. The molecule has 2 fully saturated rings. The van der Waals surface area contributed by atoms with E-state index in [4.69, 9.17) is 4.74 Å². The Morgan fingerprint density at radius 2 is 1.83 bits per heavy atom. The third kappa shape index (κ3) is 5.07. The molecule has 0 saturated carbocycles. The van der Waals surface area contributed by atoms with E-state index in [1.807, 2.05) is 24.9 Å². The zero-order valence-corrected chi connectivity index (χ0v) is 22.9. The summed E-state index contributed by atoms with van der Waals surface area (Å²) in [6.07, 6.45) is -1.82. The molecule has 0 aliphatic carbocycles. The lowest BCUT2D eigenvalue weighted by Gasteiger charge is -2.22. The van der Waals surface area contributed by atoms with Gasteiger partial charge in [0.15, 0.2) is 0 Å². The van der Waals surface area contributed by atoms with Gasteiger partial charge >= 0.3 is 11.9 Å². The van der Waals surface area contributed by atoms with Crippen molar-refractivity contribution in [3.63, 3.8) is 0 Å². The van der Waals surface area contributed by atoms with Gasteiger partial charge in [-0.3, -0.25) is 9.13 Å². The highest BCUT2D eigenvalue weighted by atomic mass is 19.4. The lowest BCUT2D eigenvalue weighted by molar-refractivity contribution is -0.138. The Balaban J connectivity index is 1.46. The molecule has 216 valence electrons. The summed E-state index contributed by atoms with van der Waals surface area (Å²) in [5, 5.41) is 0. The third-order valence-electron chi connectivity index (χ3n) is 8.15. The monoisotopic (exact) mass is 569 g/mol. The highest BCUT2D eigenvalue weighted by Crippen LogP contribution is 2.36. The van der Waals surface area contributed by atoms with Gasteiger partial charge in [-0.25, -0.2) is 14.2 Å². The van der Waals surface area contributed by atoms with E-state index >= 15 is 0 Å². The maximum absolute atomic E-state index is 14.8. The Bertz CT molecular complexity index is 1630. The zero-order chi connectivity index (χ0) is 28.9. The molecule has 4 heterocycles. The number of fused-ring (bicyclic) bond motifs is 1. The van der Waals surface area contributed by atoms with Crippen LogP contribution in [-0.4, -0.2) is 58.3 Å². The van der Waals surface area contributed by atoms with Crippen molar-refractivity contribution < 1.29 is 22.3 Å². The Morgan fingerprint density at radius 3 is 2.56 bits per heavy atom. The number of alkyl halides is 3. The standard InChI is InChI=1S/C30H31F4N5O2/c1-19-6-5-9-24(31)26(19)37-15-11-21(17-37)39-25-10-13-35-28(41-22-12-14-36(2)18-22)27(25)38(29(39)40)16-20-7-3-4-8-23(20)30(32,33)34/h3-10,13,21-22H,11-12,14-18H2,1-2H3/t21-,22?/m1/s1. The van der Waals surface area contributed by atoms with Crippen molar-refractivity contribution in [3.05, 3.63) is 87.7 Å². The van der Waals surface area contributed by atoms with E-state index in [0.29, 0.717) is 42.8 Å². The molecule has 2 aliphatic heterocycles. The van der Waals surface area contributed by atoms with E-state index in [9.17, 15) is 22.4 Å². The van der Waals surface area contributed by atoms with Crippen molar-refractivity contribution in [2.24, 2.45) is 0 Å². The Morgan fingerprint density at radius 1 is 1.02 bits per heavy atom. The molecular formula is C30H31F4N5O2. The first-order valence-electron chi connectivity index (χ1n) is 13.7. The molecule has 7 nitrogen and oxygen atoms in total. The van der Waals surface area contributed by atoms with Crippen molar-refractivity contribution in [1.29, 1.82) is 0 Å². The smallest absolute Gasteiger partial charge is 0.416 e. The predicted octanol–water partition coefficient (Wildman–Crippen LogP) is 5.25. The molecule has 0 spiro atoms. The van der Waals surface area contributed by atoms with Gasteiger partial charge in [-0.2, -0.15) is 13.2 Å². The van der Waals surface area contributed by atoms with Crippen molar-refractivity contribution in [2.75, 3.05) is 38.1 Å². The summed E-state index contributed by atoms with van der Waals surface area (Å²) >= 11 is 0. The molecule has 0 radical (unpaired) electrons. The van der Waals surface area contributed by atoms with Crippen LogP contribution in [-0.2, 0) is 12.7 Å². The molecule has 6 rings (SSSR count). The van der Waals surface area contributed by atoms with Crippen LogP contribution >= 0.6 is 0 Å². The number of aryl methyl sites for hydroxylation is 1. The number of benzene rings is 2. The van der Waals surface area contributed by atoms with E-state index in [0.717, 1.165) is 24.6 Å². The second-order valence-corrected chi connectivity index (χ2v) is 11.0. The number of nitrogens with zero attached hydrogens (tertiary/aromatic N) is 5.